The molecule has 0 aliphatic carbocycles. The van der Waals surface area contributed by atoms with Crippen LogP contribution in [-0.2, 0) is 10.8 Å². The first-order chi connectivity index (χ1) is 9.72. The predicted molar refractivity (Wildman–Crippen MR) is 88.0 cm³/mol. The lowest BCUT2D eigenvalue weighted by Gasteiger charge is -2.24. The molecule has 20 heavy (non-hydrogen) atoms. The van der Waals surface area contributed by atoms with Gasteiger partial charge < -0.3 is 4.90 Å². The second-order valence-corrected chi connectivity index (χ2v) is 6.15. The minimum Gasteiger partial charge on any atom is -0.375 e. The Bertz CT molecular complexity index is 424. The lowest BCUT2D eigenvalue weighted by molar-refractivity contribution is 0.365. The van der Waals surface area contributed by atoms with Crippen LogP contribution >= 0.6 is 0 Å². The molecule has 0 heterocycles. The Morgan fingerprint density at radius 2 is 1.75 bits per heavy atom. The summed E-state index contributed by atoms with van der Waals surface area (Å²) in [5.74, 6) is 0. The average molecular weight is 293 g/mol. The molecule has 0 amide bonds. The minimum absolute atomic E-state index is 0.882. The summed E-state index contributed by atoms with van der Waals surface area (Å²) in [6, 6.07) is 9.69. The van der Waals surface area contributed by atoms with E-state index < -0.39 is 10.8 Å². The van der Waals surface area contributed by atoms with Gasteiger partial charge in [0.2, 0.25) is 0 Å². The van der Waals surface area contributed by atoms with Crippen LogP contribution in [0.2, 0.25) is 0 Å². The summed E-state index contributed by atoms with van der Waals surface area (Å²) in [6.07, 6.45) is 4.64. The molecule has 3 heteroatoms. The Morgan fingerprint density at radius 3 is 2.30 bits per heavy atom. The van der Waals surface area contributed by atoms with Crippen molar-refractivity contribution >= 4 is 10.8 Å². The van der Waals surface area contributed by atoms with E-state index in [4.69, 9.17) is 0 Å². The van der Waals surface area contributed by atoms with Crippen molar-refractivity contribution in [1.29, 1.82) is 0 Å². The number of rotatable bonds is 9. The maximum atomic E-state index is 12.4. The second-order valence-electron chi connectivity index (χ2n) is 4.85. The molecule has 1 rings (SSSR count). The maximum absolute atomic E-state index is 12.4. The van der Waals surface area contributed by atoms with Crippen LogP contribution in [0.15, 0.2) is 46.3 Å². The largest absolute Gasteiger partial charge is 0.375 e. The highest BCUT2D eigenvalue weighted by Crippen LogP contribution is 2.17. The quantitative estimate of drug-likeness (QED) is 0.622. The first-order valence-electron chi connectivity index (χ1n) is 7.64. The molecule has 0 aromatic heterocycles. The molecular weight excluding hydrogens is 266 g/mol. The molecule has 2 nitrogen and oxygen atoms in total. The van der Waals surface area contributed by atoms with E-state index in [1.165, 1.54) is 25.0 Å². The Labute approximate surface area is 126 Å². The van der Waals surface area contributed by atoms with Gasteiger partial charge in [0.25, 0.3) is 0 Å². The molecule has 0 radical (unpaired) electrons. The molecule has 1 unspecified atom stereocenters. The molecule has 1 aromatic carbocycles. The minimum atomic E-state index is -1.05. The summed E-state index contributed by atoms with van der Waals surface area (Å²) >= 11 is 0. The fourth-order valence-electron chi connectivity index (χ4n) is 2.22. The molecule has 1 atom stereocenters. The van der Waals surface area contributed by atoms with Gasteiger partial charge in [-0.15, -0.1) is 0 Å². The molecule has 0 fully saturated rings. The monoisotopic (exact) mass is 293 g/mol. The third-order valence-corrected chi connectivity index (χ3v) is 4.65. The third-order valence-electron chi connectivity index (χ3n) is 3.42. The lowest BCUT2D eigenvalue weighted by Crippen LogP contribution is -2.22. The van der Waals surface area contributed by atoms with Crippen molar-refractivity contribution < 1.29 is 4.21 Å². The van der Waals surface area contributed by atoms with Gasteiger partial charge in [-0.3, -0.25) is 0 Å². The van der Waals surface area contributed by atoms with E-state index in [2.05, 4.69) is 25.7 Å². The van der Waals surface area contributed by atoms with E-state index in [0.717, 1.165) is 24.4 Å². The molecule has 1 aromatic rings. The van der Waals surface area contributed by atoms with Crippen molar-refractivity contribution in [1.82, 2.24) is 4.90 Å². The van der Waals surface area contributed by atoms with Crippen molar-refractivity contribution in [2.75, 3.05) is 13.1 Å². The molecule has 0 N–H and O–H groups in total. The van der Waals surface area contributed by atoms with Crippen molar-refractivity contribution in [3.63, 3.8) is 0 Å². The molecule has 0 aliphatic rings. The van der Waals surface area contributed by atoms with Crippen molar-refractivity contribution in [2.24, 2.45) is 0 Å². The maximum Gasteiger partial charge on any atom is 0.0793 e. The lowest BCUT2D eigenvalue weighted by atomic mass is 10.1. The van der Waals surface area contributed by atoms with Crippen molar-refractivity contribution in [3.05, 3.63) is 41.4 Å². The Morgan fingerprint density at radius 1 is 1.10 bits per heavy atom. The zero-order valence-corrected chi connectivity index (χ0v) is 13.8. The zero-order valence-electron chi connectivity index (χ0n) is 13.0. The summed E-state index contributed by atoms with van der Waals surface area (Å²) < 4.78 is 12.4. The van der Waals surface area contributed by atoms with E-state index in [0.29, 0.717) is 0 Å². The van der Waals surface area contributed by atoms with Crippen molar-refractivity contribution in [2.45, 2.75) is 51.3 Å². The number of unbranched alkanes of at least 4 members (excludes halogenated alkanes) is 2. The van der Waals surface area contributed by atoms with Crippen LogP contribution in [0.1, 0.15) is 46.5 Å². The fraction of sp³-hybridized carbons (Fsp3) is 0.529. The molecule has 112 valence electrons. The van der Waals surface area contributed by atoms with Gasteiger partial charge in [0.05, 0.1) is 10.8 Å². The van der Waals surface area contributed by atoms with Crippen molar-refractivity contribution in [3.8, 4) is 0 Å². The van der Waals surface area contributed by atoms with Gasteiger partial charge in [-0.25, -0.2) is 4.21 Å². The van der Waals surface area contributed by atoms with E-state index in [1.807, 2.05) is 35.7 Å². The van der Waals surface area contributed by atoms with Gasteiger partial charge in [0.15, 0.2) is 0 Å². The van der Waals surface area contributed by atoms with Gasteiger partial charge in [0, 0.05) is 29.1 Å². The first kappa shape index (κ1) is 17.0. The summed E-state index contributed by atoms with van der Waals surface area (Å²) in [6.45, 7) is 8.47. The number of allylic oxidation sites excluding steroid dienone is 1. The number of nitrogens with zero attached hydrogens (tertiary/aromatic N) is 1. The smallest absolute Gasteiger partial charge is 0.0793 e. The highest BCUT2D eigenvalue weighted by Gasteiger charge is 2.08. The average Bonchev–Trinajstić information content (AvgIpc) is 2.49. The highest BCUT2D eigenvalue weighted by molar-refractivity contribution is 7.88. The second kappa shape index (κ2) is 9.76. The van der Waals surface area contributed by atoms with Crippen LogP contribution in [0.5, 0.6) is 0 Å². The molecule has 0 saturated carbocycles. The van der Waals surface area contributed by atoms with E-state index in [-0.39, 0.29) is 0 Å². The van der Waals surface area contributed by atoms with E-state index in [1.54, 1.807) is 0 Å². The van der Waals surface area contributed by atoms with Gasteiger partial charge in [-0.1, -0.05) is 38.0 Å². The number of hydrogen-bond donors (Lipinski definition) is 0. The van der Waals surface area contributed by atoms with Crippen LogP contribution in [0, 0.1) is 0 Å². The first-order valence-corrected chi connectivity index (χ1v) is 8.85. The summed E-state index contributed by atoms with van der Waals surface area (Å²) in [5, 5.41) is 1.94. The molecule has 0 spiro atoms. The SMILES string of the molecule is CCCCC/C(=C\S(=O)c1ccccc1)N(CC)CC. The van der Waals surface area contributed by atoms with E-state index in [9.17, 15) is 4.21 Å². The molecule has 0 saturated heterocycles. The molecule has 0 aliphatic heterocycles. The third kappa shape index (κ3) is 5.49. The van der Waals surface area contributed by atoms with Gasteiger partial charge in [0.1, 0.15) is 0 Å². The fourth-order valence-corrected chi connectivity index (χ4v) is 3.30. The summed E-state index contributed by atoms with van der Waals surface area (Å²) in [7, 11) is -1.05. The van der Waals surface area contributed by atoms with Crippen LogP contribution in [-0.4, -0.2) is 22.2 Å². The van der Waals surface area contributed by atoms with Crippen LogP contribution in [0.4, 0.5) is 0 Å². The predicted octanol–water partition coefficient (Wildman–Crippen LogP) is 4.56. The number of benzene rings is 1. The van der Waals surface area contributed by atoms with E-state index >= 15 is 0 Å². The normalized spacial score (nSPS) is 13.2. The highest BCUT2D eigenvalue weighted by atomic mass is 32.2. The zero-order chi connectivity index (χ0) is 14.8. The summed E-state index contributed by atoms with van der Waals surface area (Å²) in [4.78, 5) is 3.20. The Balaban J connectivity index is 2.85. The topological polar surface area (TPSA) is 20.3 Å². The van der Waals surface area contributed by atoms with Crippen LogP contribution in [0.25, 0.3) is 0 Å². The van der Waals surface area contributed by atoms with Gasteiger partial charge in [-0.2, -0.15) is 0 Å². The standard InChI is InChI=1S/C17H27NOS/c1-4-7-9-12-16(18(5-2)6-3)15-20(19)17-13-10-8-11-14-17/h8,10-11,13-15H,4-7,9,12H2,1-3H3/b16-15+. The van der Waals surface area contributed by atoms with Crippen LogP contribution < -0.4 is 0 Å². The Hall–Kier alpha value is -1.09. The van der Waals surface area contributed by atoms with Crippen LogP contribution in [0.3, 0.4) is 0 Å². The number of hydrogen-bond acceptors (Lipinski definition) is 2. The molecular formula is C17H27NOS. The van der Waals surface area contributed by atoms with Gasteiger partial charge in [-0.05, 0) is 38.8 Å². The molecule has 0 bridgehead atoms. The van der Waals surface area contributed by atoms with Gasteiger partial charge >= 0.3 is 0 Å². The Kier molecular flexibility index (Phi) is 8.28. The summed E-state index contributed by atoms with van der Waals surface area (Å²) in [5.41, 5.74) is 1.23.